The lowest BCUT2D eigenvalue weighted by molar-refractivity contribution is -0.162. The Labute approximate surface area is 111 Å². The van der Waals surface area contributed by atoms with Crippen LogP contribution in [0.5, 0.6) is 0 Å². The molecule has 3 rings (SSSR count). The van der Waals surface area contributed by atoms with Crippen molar-refractivity contribution in [1.82, 2.24) is 0 Å². The van der Waals surface area contributed by atoms with E-state index in [1.165, 1.54) is 12.1 Å². The molecule has 102 valence electrons. The number of halogens is 1. The molecule has 0 amide bonds. The number of rotatable bonds is 2. The highest BCUT2D eigenvalue weighted by molar-refractivity contribution is 5.87. The SMILES string of the molecule is CC1(C)O[C@@H]2[C@@H](Cc3ccc(F)cc3)CC(=O)[C@@H]2O1. The van der Waals surface area contributed by atoms with Gasteiger partial charge in [-0.3, -0.25) is 4.79 Å². The van der Waals surface area contributed by atoms with Crippen molar-refractivity contribution < 1.29 is 18.7 Å². The maximum atomic E-state index is 12.9. The molecular weight excluding hydrogens is 247 g/mol. The second kappa shape index (κ2) is 4.39. The van der Waals surface area contributed by atoms with Crippen molar-refractivity contribution in [1.29, 1.82) is 0 Å². The van der Waals surface area contributed by atoms with Gasteiger partial charge in [0.1, 0.15) is 11.9 Å². The first kappa shape index (κ1) is 12.8. The van der Waals surface area contributed by atoms with E-state index in [4.69, 9.17) is 9.47 Å². The summed E-state index contributed by atoms with van der Waals surface area (Å²) in [6.07, 6.45) is 0.586. The zero-order valence-corrected chi connectivity index (χ0v) is 11.1. The van der Waals surface area contributed by atoms with Gasteiger partial charge < -0.3 is 9.47 Å². The minimum absolute atomic E-state index is 0.114. The van der Waals surface area contributed by atoms with Crippen LogP contribution in [0.2, 0.25) is 0 Å². The third kappa shape index (κ3) is 2.42. The standard InChI is InChI=1S/C15H17FO3/c1-15(2)18-13-10(8-12(17)14(13)19-15)7-9-3-5-11(16)6-4-9/h3-6,10,13-14H,7-8H2,1-2H3/t10-,13+,14-/m0/s1. The van der Waals surface area contributed by atoms with Gasteiger partial charge in [-0.1, -0.05) is 12.1 Å². The Morgan fingerprint density at radius 2 is 1.95 bits per heavy atom. The summed E-state index contributed by atoms with van der Waals surface area (Å²) >= 11 is 0. The molecule has 0 bridgehead atoms. The van der Waals surface area contributed by atoms with Crippen molar-refractivity contribution in [2.75, 3.05) is 0 Å². The zero-order valence-electron chi connectivity index (χ0n) is 11.1. The van der Waals surface area contributed by atoms with E-state index in [0.717, 1.165) is 5.56 Å². The first-order chi connectivity index (χ1) is 8.94. The summed E-state index contributed by atoms with van der Waals surface area (Å²) < 4.78 is 24.4. The lowest BCUT2D eigenvalue weighted by atomic mass is 9.96. The number of ketones is 1. The van der Waals surface area contributed by atoms with E-state index in [9.17, 15) is 9.18 Å². The molecule has 1 aliphatic heterocycles. The Bertz CT molecular complexity index is 495. The second-order valence-corrected chi connectivity index (χ2v) is 5.78. The van der Waals surface area contributed by atoms with E-state index in [0.29, 0.717) is 12.8 Å². The van der Waals surface area contributed by atoms with Crippen LogP contribution in [-0.2, 0) is 20.7 Å². The predicted molar refractivity (Wildman–Crippen MR) is 67.0 cm³/mol. The number of Topliss-reactive ketones (excluding diaryl/α,β-unsaturated/α-hetero) is 1. The summed E-state index contributed by atoms with van der Waals surface area (Å²) in [7, 11) is 0. The number of carbonyl (C=O) groups is 1. The van der Waals surface area contributed by atoms with Crippen molar-refractivity contribution in [2.24, 2.45) is 5.92 Å². The molecule has 2 aliphatic rings. The molecule has 1 saturated heterocycles. The molecule has 0 aromatic heterocycles. The summed E-state index contributed by atoms with van der Waals surface area (Å²) in [6, 6.07) is 6.40. The highest BCUT2D eigenvalue weighted by Gasteiger charge is 2.53. The molecule has 1 aromatic rings. The molecule has 3 nitrogen and oxygen atoms in total. The van der Waals surface area contributed by atoms with Gasteiger partial charge in [0.05, 0.1) is 6.10 Å². The fourth-order valence-corrected chi connectivity index (χ4v) is 2.98. The smallest absolute Gasteiger partial charge is 0.164 e. The molecule has 1 saturated carbocycles. The molecule has 4 heteroatoms. The van der Waals surface area contributed by atoms with Crippen LogP contribution in [0.1, 0.15) is 25.8 Å². The van der Waals surface area contributed by atoms with Crippen molar-refractivity contribution in [3.63, 3.8) is 0 Å². The second-order valence-electron chi connectivity index (χ2n) is 5.78. The van der Waals surface area contributed by atoms with Crippen molar-refractivity contribution >= 4 is 5.78 Å². The van der Waals surface area contributed by atoms with E-state index in [-0.39, 0.29) is 23.6 Å². The van der Waals surface area contributed by atoms with Crippen molar-refractivity contribution in [2.45, 2.75) is 44.7 Å². The first-order valence-corrected chi connectivity index (χ1v) is 6.57. The van der Waals surface area contributed by atoms with E-state index < -0.39 is 11.9 Å². The fraction of sp³-hybridized carbons (Fsp3) is 0.533. The topological polar surface area (TPSA) is 35.5 Å². The van der Waals surface area contributed by atoms with Gasteiger partial charge in [-0.05, 0) is 43.9 Å². The van der Waals surface area contributed by atoms with Crippen molar-refractivity contribution in [3.8, 4) is 0 Å². The van der Waals surface area contributed by atoms with Gasteiger partial charge in [0, 0.05) is 6.42 Å². The Balaban J connectivity index is 1.75. The number of carbonyl (C=O) groups excluding carboxylic acids is 1. The Morgan fingerprint density at radius 3 is 2.63 bits per heavy atom. The average Bonchev–Trinajstić information content (AvgIpc) is 2.79. The Hall–Kier alpha value is -1.26. The fourth-order valence-electron chi connectivity index (χ4n) is 2.98. The maximum Gasteiger partial charge on any atom is 0.164 e. The van der Waals surface area contributed by atoms with Gasteiger partial charge in [0.15, 0.2) is 11.6 Å². The van der Waals surface area contributed by atoms with Crippen LogP contribution in [0.4, 0.5) is 4.39 Å². The molecule has 1 heterocycles. The molecule has 1 aliphatic carbocycles. The monoisotopic (exact) mass is 264 g/mol. The third-order valence-corrected chi connectivity index (χ3v) is 3.79. The predicted octanol–water partition coefficient (Wildman–Crippen LogP) is 2.48. The number of benzene rings is 1. The Kier molecular flexibility index (Phi) is 2.95. The van der Waals surface area contributed by atoms with Gasteiger partial charge in [-0.25, -0.2) is 4.39 Å². The highest BCUT2D eigenvalue weighted by atomic mass is 19.1. The van der Waals surface area contributed by atoms with E-state index in [2.05, 4.69) is 0 Å². The number of hydrogen-bond donors (Lipinski definition) is 0. The number of hydrogen-bond acceptors (Lipinski definition) is 3. The van der Waals surface area contributed by atoms with Crippen molar-refractivity contribution in [3.05, 3.63) is 35.6 Å². The van der Waals surface area contributed by atoms with Crippen LogP contribution in [0.3, 0.4) is 0 Å². The molecule has 0 unspecified atom stereocenters. The average molecular weight is 264 g/mol. The number of fused-ring (bicyclic) bond motifs is 1. The molecule has 1 aromatic carbocycles. The lowest BCUT2D eigenvalue weighted by Crippen LogP contribution is -2.26. The van der Waals surface area contributed by atoms with Crippen LogP contribution in [0.25, 0.3) is 0 Å². The summed E-state index contributed by atoms with van der Waals surface area (Å²) in [5, 5.41) is 0. The maximum absolute atomic E-state index is 12.9. The van der Waals surface area contributed by atoms with Gasteiger partial charge in [-0.2, -0.15) is 0 Å². The molecule has 0 spiro atoms. The van der Waals surface area contributed by atoms with Gasteiger partial charge >= 0.3 is 0 Å². The third-order valence-electron chi connectivity index (χ3n) is 3.79. The lowest BCUT2D eigenvalue weighted by Gasteiger charge is -2.21. The molecular formula is C15H17FO3. The zero-order chi connectivity index (χ0) is 13.6. The van der Waals surface area contributed by atoms with Crippen LogP contribution >= 0.6 is 0 Å². The summed E-state index contributed by atoms with van der Waals surface area (Å²) in [5.74, 6) is -0.704. The van der Waals surface area contributed by atoms with Gasteiger partial charge in [0.25, 0.3) is 0 Å². The van der Waals surface area contributed by atoms with Gasteiger partial charge in [0.2, 0.25) is 0 Å². The quantitative estimate of drug-likeness (QED) is 0.823. The van der Waals surface area contributed by atoms with Crippen LogP contribution < -0.4 is 0 Å². The molecule has 3 atom stereocenters. The van der Waals surface area contributed by atoms with Crippen LogP contribution in [0.15, 0.2) is 24.3 Å². The number of ether oxygens (including phenoxy) is 2. The molecule has 19 heavy (non-hydrogen) atoms. The minimum atomic E-state index is -0.688. The summed E-state index contributed by atoms with van der Waals surface area (Å²) in [5.41, 5.74) is 1.02. The largest absolute Gasteiger partial charge is 0.344 e. The van der Waals surface area contributed by atoms with Gasteiger partial charge in [-0.15, -0.1) is 0 Å². The van der Waals surface area contributed by atoms with E-state index in [1.54, 1.807) is 12.1 Å². The van der Waals surface area contributed by atoms with Crippen LogP contribution in [-0.4, -0.2) is 23.8 Å². The minimum Gasteiger partial charge on any atom is -0.344 e. The summed E-state index contributed by atoms with van der Waals surface area (Å²) in [4.78, 5) is 11.9. The van der Waals surface area contributed by atoms with E-state index >= 15 is 0 Å². The Morgan fingerprint density at radius 1 is 1.26 bits per heavy atom. The molecule has 0 N–H and O–H groups in total. The first-order valence-electron chi connectivity index (χ1n) is 6.57. The normalized spacial score (nSPS) is 32.6. The van der Waals surface area contributed by atoms with Crippen LogP contribution in [0, 0.1) is 11.7 Å². The summed E-state index contributed by atoms with van der Waals surface area (Å²) in [6.45, 7) is 3.65. The molecule has 0 radical (unpaired) electrons. The van der Waals surface area contributed by atoms with E-state index in [1.807, 2.05) is 13.8 Å². The molecule has 2 fully saturated rings. The highest BCUT2D eigenvalue weighted by Crippen LogP contribution is 2.40.